The van der Waals surface area contributed by atoms with Crippen molar-refractivity contribution < 1.29 is 9.59 Å². The Kier molecular flexibility index (Phi) is 5.90. The van der Waals surface area contributed by atoms with Crippen molar-refractivity contribution in [1.29, 1.82) is 0 Å². The number of hydrogen-bond acceptors (Lipinski definition) is 4. The number of benzene rings is 2. The first-order chi connectivity index (χ1) is 17.2. The third kappa shape index (κ3) is 4.50. The Bertz CT molecular complexity index is 1220. The fourth-order valence-corrected chi connectivity index (χ4v) is 5.56. The van der Waals surface area contributed by atoms with Crippen LogP contribution >= 0.6 is 0 Å². The highest BCUT2D eigenvalue weighted by molar-refractivity contribution is 6.47. The molecular weight excluding hydrogens is 436 g/mol. The maximum atomic E-state index is 13.4. The number of piperazine rings is 1. The number of anilines is 2. The molecule has 1 amide bonds. The van der Waals surface area contributed by atoms with E-state index in [9.17, 15) is 9.59 Å². The molecule has 0 spiro atoms. The van der Waals surface area contributed by atoms with E-state index < -0.39 is 11.7 Å². The van der Waals surface area contributed by atoms with Crippen molar-refractivity contribution in [3.8, 4) is 11.1 Å². The van der Waals surface area contributed by atoms with Gasteiger partial charge in [0.15, 0.2) is 0 Å². The number of amides is 1. The number of aromatic nitrogens is 1. The second-order valence-electron chi connectivity index (χ2n) is 9.96. The van der Waals surface area contributed by atoms with Crippen LogP contribution in [0.5, 0.6) is 0 Å². The summed E-state index contributed by atoms with van der Waals surface area (Å²) in [7, 11) is 0. The summed E-state index contributed by atoms with van der Waals surface area (Å²) in [5.74, 6) is -1.06. The maximum absolute atomic E-state index is 13.4. The Hall–Kier alpha value is -3.38. The van der Waals surface area contributed by atoms with E-state index in [1.807, 2.05) is 54.6 Å². The van der Waals surface area contributed by atoms with Crippen LogP contribution in [0.3, 0.4) is 0 Å². The van der Waals surface area contributed by atoms with E-state index in [0.717, 1.165) is 80.5 Å². The molecule has 1 aliphatic carbocycles. The van der Waals surface area contributed by atoms with E-state index in [1.165, 1.54) is 12.8 Å². The number of hydrogen-bond donors (Lipinski definition) is 1. The number of carbonyl (C=O) groups is 2. The van der Waals surface area contributed by atoms with Gasteiger partial charge in [-0.1, -0.05) is 30.3 Å². The summed E-state index contributed by atoms with van der Waals surface area (Å²) in [4.78, 5) is 31.5. The van der Waals surface area contributed by atoms with Crippen molar-refractivity contribution in [3.05, 3.63) is 72.1 Å². The van der Waals surface area contributed by atoms with Gasteiger partial charge in [0.2, 0.25) is 0 Å². The maximum Gasteiger partial charge on any atom is 0.298 e. The minimum Gasteiger partial charge on any atom is -0.369 e. The van der Waals surface area contributed by atoms with Crippen LogP contribution in [-0.4, -0.2) is 53.4 Å². The number of carbonyl (C=O) groups excluding carboxylic acids is 2. The minimum absolute atomic E-state index is 0.475. The number of rotatable bonds is 6. The molecule has 35 heavy (non-hydrogen) atoms. The summed E-state index contributed by atoms with van der Waals surface area (Å²) in [6, 6.07) is 20.7. The van der Waals surface area contributed by atoms with Gasteiger partial charge in [-0.25, -0.2) is 0 Å². The van der Waals surface area contributed by atoms with Crippen LogP contribution in [0.1, 0.15) is 41.9 Å². The molecule has 2 aliphatic heterocycles. The molecule has 1 saturated carbocycles. The second kappa shape index (κ2) is 9.34. The smallest absolute Gasteiger partial charge is 0.298 e. The van der Waals surface area contributed by atoms with E-state index in [-0.39, 0.29) is 0 Å². The van der Waals surface area contributed by atoms with Gasteiger partial charge < -0.3 is 14.8 Å². The fraction of sp³-hybridized carbons (Fsp3) is 0.379. The first kappa shape index (κ1) is 22.1. The van der Waals surface area contributed by atoms with Crippen LogP contribution in [0.4, 0.5) is 11.4 Å². The van der Waals surface area contributed by atoms with Gasteiger partial charge in [-0.05, 0) is 68.0 Å². The standard InChI is InChI=1S/C29H32N4O2/c34-28(27-26(21-6-2-1-3-7-21)20-25-8-4-5-15-33(25)27)29(35)30-22-9-11-23(12-10-22)31-16-18-32(19-17-31)24-13-14-24/h1-3,6-7,9-12,20,24H,4-5,8,13-19H2,(H,30,35). The van der Waals surface area contributed by atoms with Crippen LogP contribution in [-0.2, 0) is 17.8 Å². The van der Waals surface area contributed by atoms with Gasteiger partial charge >= 0.3 is 0 Å². The van der Waals surface area contributed by atoms with Gasteiger partial charge in [0.25, 0.3) is 11.7 Å². The molecule has 3 aliphatic rings. The van der Waals surface area contributed by atoms with E-state index in [2.05, 4.69) is 25.8 Å². The zero-order valence-electron chi connectivity index (χ0n) is 20.1. The SMILES string of the molecule is O=C(Nc1ccc(N2CCN(C3CC3)CC2)cc1)C(=O)c1c(-c2ccccc2)cc2n1CCCC2. The molecule has 1 aromatic heterocycles. The molecule has 180 valence electrons. The highest BCUT2D eigenvalue weighted by Crippen LogP contribution is 2.32. The molecule has 6 rings (SSSR count). The zero-order valence-corrected chi connectivity index (χ0v) is 20.1. The first-order valence-electron chi connectivity index (χ1n) is 12.9. The molecule has 0 unspecified atom stereocenters. The third-order valence-corrected chi connectivity index (χ3v) is 7.62. The Morgan fingerprint density at radius 3 is 2.29 bits per heavy atom. The normalized spacial score (nSPS) is 18.2. The van der Waals surface area contributed by atoms with Gasteiger partial charge in [0.05, 0.1) is 0 Å². The van der Waals surface area contributed by atoms with Crippen molar-refractivity contribution in [1.82, 2.24) is 9.47 Å². The molecule has 6 nitrogen and oxygen atoms in total. The molecule has 1 saturated heterocycles. The summed E-state index contributed by atoms with van der Waals surface area (Å²) in [5, 5.41) is 2.85. The van der Waals surface area contributed by atoms with Crippen LogP contribution in [0.2, 0.25) is 0 Å². The lowest BCUT2D eigenvalue weighted by Crippen LogP contribution is -2.47. The summed E-state index contributed by atoms with van der Waals surface area (Å²) in [6.07, 6.45) is 5.78. The second-order valence-corrected chi connectivity index (χ2v) is 9.96. The van der Waals surface area contributed by atoms with Crippen molar-refractivity contribution in [3.63, 3.8) is 0 Å². The highest BCUT2D eigenvalue weighted by atomic mass is 16.2. The molecular formula is C29H32N4O2. The van der Waals surface area contributed by atoms with Crippen molar-refractivity contribution in [2.45, 2.75) is 44.7 Å². The monoisotopic (exact) mass is 468 g/mol. The molecule has 0 atom stereocenters. The summed E-state index contributed by atoms with van der Waals surface area (Å²) < 4.78 is 2.05. The zero-order chi connectivity index (χ0) is 23.8. The predicted octanol–water partition coefficient (Wildman–Crippen LogP) is 4.60. The van der Waals surface area contributed by atoms with Gasteiger partial charge in [-0.15, -0.1) is 0 Å². The minimum atomic E-state index is -0.584. The average molecular weight is 469 g/mol. The number of fused-ring (bicyclic) bond motifs is 1. The lowest BCUT2D eigenvalue weighted by molar-refractivity contribution is -0.112. The summed E-state index contributed by atoms with van der Waals surface area (Å²) in [5.41, 5.74) is 5.28. The molecule has 3 aromatic rings. The Labute approximate surface area is 206 Å². The molecule has 1 N–H and O–H groups in total. The van der Waals surface area contributed by atoms with Crippen LogP contribution in [0.15, 0.2) is 60.7 Å². The molecule has 2 aromatic carbocycles. The van der Waals surface area contributed by atoms with Crippen LogP contribution < -0.4 is 10.2 Å². The predicted molar refractivity (Wildman–Crippen MR) is 139 cm³/mol. The van der Waals surface area contributed by atoms with Crippen molar-refractivity contribution >= 4 is 23.1 Å². The number of nitrogens with one attached hydrogen (secondary N) is 1. The molecule has 3 heterocycles. The van der Waals surface area contributed by atoms with E-state index in [4.69, 9.17) is 0 Å². The highest BCUT2D eigenvalue weighted by Gasteiger charge is 2.31. The molecule has 0 bridgehead atoms. The van der Waals surface area contributed by atoms with Gasteiger partial charge in [-0.3, -0.25) is 14.5 Å². The van der Waals surface area contributed by atoms with E-state index in [0.29, 0.717) is 11.4 Å². The number of ketones is 1. The summed E-state index contributed by atoms with van der Waals surface area (Å²) >= 11 is 0. The van der Waals surface area contributed by atoms with E-state index in [1.54, 1.807) is 0 Å². The number of nitrogens with zero attached hydrogens (tertiary/aromatic N) is 3. The molecule has 0 radical (unpaired) electrons. The van der Waals surface area contributed by atoms with E-state index >= 15 is 0 Å². The third-order valence-electron chi connectivity index (χ3n) is 7.62. The quantitative estimate of drug-likeness (QED) is 0.424. The Morgan fingerprint density at radius 2 is 1.57 bits per heavy atom. The largest absolute Gasteiger partial charge is 0.369 e. The van der Waals surface area contributed by atoms with Crippen LogP contribution in [0, 0.1) is 0 Å². The fourth-order valence-electron chi connectivity index (χ4n) is 5.56. The van der Waals surface area contributed by atoms with Gasteiger partial charge in [0.1, 0.15) is 5.69 Å². The number of Topliss-reactive ketones (excluding diaryl/α,β-unsaturated/α-hetero) is 1. The molecule has 2 fully saturated rings. The lowest BCUT2D eigenvalue weighted by Gasteiger charge is -2.36. The van der Waals surface area contributed by atoms with Crippen molar-refractivity contribution in [2.75, 3.05) is 36.4 Å². The van der Waals surface area contributed by atoms with Gasteiger partial charge in [0, 0.05) is 61.4 Å². The average Bonchev–Trinajstić information content (AvgIpc) is 3.69. The summed E-state index contributed by atoms with van der Waals surface area (Å²) in [6.45, 7) is 5.07. The van der Waals surface area contributed by atoms with Crippen LogP contribution in [0.25, 0.3) is 11.1 Å². The first-order valence-corrected chi connectivity index (χ1v) is 12.9. The lowest BCUT2D eigenvalue weighted by atomic mass is 10.0. The molecule has 6 heteroatoms. The topological polar surface area (TPSA) is 57.6 Å². The van der Waals surface area contributed by atoms with Gasteiger partial charge in [-0.2, -0.15) is 0 Å². The number of aryl methyl sites for hydroxylation is 1. The Balaban J connectivity index is 1.17. The Morgan fingerprint density at radius 1 is 0.829 bits per heavy atom. The van der Waals surface area contributed by atoms with Crippen molar-refractivity contribution in [2.24, 2.45) is 0 Å².